The number of hydrogen-bond donors (Lipinski definition) is 1. The van der Waals surface area contributed by atoms with E-state index in [9.17, 15) is 4.79 Å². The van der Waals surface area contributed by atoms with Crippen molar-refractivity contribution in [2.45, 2.75) is 53.2 Å². The Hall–Kier alpha value is -0.990. The minimum absolute atomic E-state index is 0.0323. The number of allylic oxidation sites excluding steroid dienone is 1. The Balaban J connectivity index is 4.24. The van der Waals surface area contributed by atoms with Crippen molar-refractivity contribution in [3.63, 3.8) is 0 Å². The van der Waals surface area contributed by atoms with Gasteiger partial charge >= 0.3 is 6.09 Å². The number of rotatable bonds is 3. The zero-order chi connectivity index (χ0) is 12.1. The van der Waals surface area contributed by atoms with Crippen LogP contribution in [0.25, 0.3) is 0 Å². The van der Waals surface area contributed by atoms with Crippen molar-refractivity contribution in [1.29, 1.82) is 0 Å². The lowest BCUT2D eigenvalue weighted by atomic mass is 10.0. The van der Waals surface area contributed by atoms with Crippen molar-refractivity contribution in [1.82, 2.24) is 5.32 Å². The van der Waals surface area contributed by atoms with E-state index >= 15 is 0 Å². The SMILES string of the molecule is C/C=C/[C@H](NC(=O)OC(C)(C)C)C(C)C. The molecule has 0 bridgehead atoms. The monoisotopic (exact) mass is 213 g/mol. The molecule has 0 unspecified atom stereocenters. The molecule has 1 N–H and O–H groups in total. The molecule has 88 valence electrons. The van der Waals surface area contributed by atoms with Crippen molar-refractivity contribution < 1.29 is 9.53 Å². The summed E-state index contributed by atoms with van der Waals surface area (Å²) >= 11 is 0. The second kappa shape index (κ2) is 5.79. The predicted molar refractivity (Wildman–Crippen MR) is 62.8 cm³/mol. The second-order valence-electron chi connectivity index (χ2n) is 4.94. The number of nitrogens with one attached hydrogen (secondary N) is 1. The summed E-state index contributed by atoms with van der Waals surface area (Å²) in [5.74, 6) is 0.355. The summed E-state index contributed by atoms with van der Waals surface area (Å²) in [7, 11) is 0. The van der Waals surface area contributed by atoms with Gasteiger partial charge in [0.25, 0.3) is 0 Å². The van der Waals surface area contributed by atoms with E-state index in [0.29, 0.717) is 5.92 Å². The first-order valence-corrected chi connectivity index (χ1v) is 5.38. The maximum absolute atomic E-state index is 11.5. The lowest BCUT2D eigenvalue weighted by molar-refractivity contribution is 0.0504. The smallest absolute Gasteiger partial charge is 0.408 e. The summed E-state index contributed by atoms with van der Waals surface area (Å²) in [4.78, 5) is 11.5. The van der Waals surface area contributed by atoms with Gasteiger partial charge in [0.2, 0.25) is 0 Å². The van der Waals surface area contributed by atoms with E-state index in [4.69, 9.17) is 4.74 Å². The zero-order valence-corrected chi connectivity index (χ0v) is 10.6. The minimum atomic E-state index is -0.443. The van der Waals surface area contributed by atoms with Gasteiger partial charge in [-0.2, -0.15) is 0 Å². The van der Waals surface area contributed by atoms with Crippen LogP contribution in [0.1, 0.15) is 41.5 Å². The third-order valence-electron chi connectivity index (χ3n) is 1.80. The molecule has 0 aliphatic carbocycles. The summed E-state index contributed by atoms with van der Waals surface area (Å²) in [6.45, 7) is 11.6. The first-order chi connectivity index (χ1) is 6.76. The normalized spacial score (nSPS) is 14.3. The van der Waals surface area contributed by atoms with E-state index in [0.717, 1.165) is 0 Å². The summed E-state index contributed by atoms with van der Waals surface area (Å²) in [6.07, 6.45) is 3.54. The highest BCUT2D eigenvalue weighted by atomic mass is 16.6. The summed E-state index contributed by atoms with van der Waals surface area (Å²) in [5.41, 5.74) is -0.443. The van der Waals surface area contributed by atoms with Crippen molar-refractivity contribution in [2.24, 2.45) is 5.92 Å². The van der Waals surface area contributed by atoms with Gasteiger partial charge in [-0.05, 0) is 33.6 Å². The van der Waals surface area contributed by atoms with Crippen molar-refractivity contribution in [2.75, 3.05) is 0 Å². The summed E-state index contributed by atoms with van der Waals surface area (Å²) in [5, 5.41) is 2.83. The Kier molecular flexibility index (Phi) is 5.40. The van der Waals surface area contributed by atoms with Crippen LogP contribution < -0.4 is 5.32 Å². The molecule has 1 atom stereocenters. The van der Waals surface area contributed by atoms with Crippen LogP contribution in [-0.4, -0.2) is 17.7 Å². The minimum Gasteiger partial charge on any atom is -0.444 e. The van der Waals surface area contributed by atoms with Gasteiger partial charge in [0.15, 0.2) is 0 Å². The predicted octanol–water partition coefficient (Wildman–Crippen LogP) is 3.11. The molecule has 3 nitrogen and oxygen atoms in total. The van der Waals surface area contributed by atoms with Gasteiger partial charge in [-0.25, -0.2) is 4.79 Å². The fourth-order valence-electron chi connectivity index (χ4n) is 1.09. The zero-order valence-electron chi connectivity index (χ0n) is 10.6. The molecule has 0 fully saturated rings. The number of carbonyl (C=O) groups is 1. The molecule has 0 saturated heterocycles. The van der Waals surface area contributed by atoms with Gasteiger partial charge in [-0.3, -0.25) is 0 Å². The van der Waals surface area contributed by atoms with Crippen molar-refractivity contribution in [3.05, 3.63) is 12.2 Å². The molecule has 1 amide bonds. The molecule has 15 heavy (non-hydrogen) atoms. The molecule has 0 aromatic carbocycles. The maximum atomic E-state index is 11.5. The van der Waals surface area contributed by atoms with E-state index in [1.54, 1.807) is 0 Å². The van der Waals surface area contributed by atoms with Crippen LogP contribution in [-0.2, 0) is 4.74 Å². The molecule has 0 saturated carbocycles. The van der Waals surface area contributed by atoms with Crippen LogP contribution in [0.2, 0.25) is 0 Å². The van der Waals surface area contributed by atoms with Crippen LogP contribution in [0, 0.1) is 5.92 Å². The van der Waals surface area contributed by atoms with Crippen LogP contribution in [0.3, 0.4) is 0 Å². The number of amides is 1. The van der Waals surface area contributed by atoms with Crippen LogP contribution in [0.15, 0.2) is 12.2 Å². The Morgan fingerprint density at radius 1 is 1.33 bits per heavy atom. The fraction of sp³-hybridized carbons (Fsp3) is 0.750. The fourth-order valence-corrected chi connectivity index (χ4v) is 1.09. The third kappa shape index (κ3) is 7.00. The van der Waals surface area contributed by atoms with E-state index in [2.05, 4.69) is 19.2 Å². The molecular formula is C12H23NO2. The molecule has 0 spiro atoms. The summed E-state index contributed by atoms with van der Waals surface area (Å²) in [6, 6.07) is 0.0323. The third-order valence-corrected chi connectivity index (χ3v) is 1.80. The Morgan fingerprint density at radius 3 is 2.20 bits per heavy atom. The van der Waals surface area contributed by atoms with Gasteiger partial charge in [0, 0.05) is 0 Å². The molecule has 0 aliphatic rings. The molecule has 0 aromatic rings. The van der Waals surface area contributed by atoms with Gasteiger partial charge < -0.3 is 10.1 Å². The van der Waals surface area contributed by atoms with Gasteiger partial charge in [0.05, 0.1) is 6.04 Å². The quantitative estimate of drug-likeness (QED) is 0.731. The standard InChI is InChI=1S/C12H23NO2/c1-7-8-10(9(2)3)13-11(14)15-12(4,5)6/h7-10H,1-6H3,(H,13,14)/b8-7+/t10-/m0/s1. The number of alkyl carbamates (subject to hydrolysis) is 1. The molecule has 0 heterocycles. The molecule has 0 aromatic heterocycles. The highest BCUT2D eigenvalue weighted by Gasteiger charge is 2.19. The number of hydrogen-bond acceptors (Lipinski definition) is 2. The Morgan fingerprint density at radius 2 is 1.87 bits per heavy atom. The van der Waals surface area contributed by atoms with E-state index in [1.165, 1.54) is 0 Å². The van der Waals surface area contributed by atoms with E-state index < -0.39 is 5.60 Å². The highest BCUT2D eigenvalue weighted by Crippen LogP contribution is 2.09. The van der Waals surface area contributed by atoms with Gasteiger partial charge in [-0.1, -0.05) is 26.0 Å². The largest absolute Gasteiger partial charge is 0.444 e. The van der Waals surface area contributed by atoms with Crippen LogP contribution in [0.4, 0.5) is 4.79 Å². The topological polar surface area (TPSA) is 38.3 Å². The molecule has 3 heteroatoms. The molecular weight excluding hydrogens is 190 g/mol. The van der Waals surface area contributed by atoms with Gasteiger partial charge in [-0.15, -0.1) is 0 Å². The van der Waals surface area contributed by atoms with Crippen molar-refractivity contribution >= 4 is 6.09 Å². The van der Waals surface area contributed by atoms with E-state index in [-0.39, 0.29) is 12.1 Å². The van der Waals surface area contributed by atoms with Gasteiger partial charge in [0.1, 0.15) is 5.60 Å². The average molecular weight is 213 g/mol. The first-order valence-electron chi connectivity index (χ1n) is 5.38. The molecule has 0 radical (unpaired) electrons. The Labute approximate surface area is 92.9 Å². The number of ether oxygens (including phenoxy) is 1. The first kappa shape index (κ1) is 14.0. The van der Waals surface area contributed by atoms with Crippen molar-refractivity contribution in [3.8, 4) is 0 Å². The maximum Gasteiger partial charge on any atom is 0.408 e. The molecule has 0 aliphatic heterocycles. The summed E-state index contributed by atoms with van der Waals surface area (Å²) < 4.78 is 5.18. The molecule has 0 rings (SSSR count). The lowest BCUT2D eigenvalue weighted by Crippen LogP contribution is -2.40. The highest BCUT2D eigenvalue weighted by molar-refractivity contribution is 5.68. The number of carbonyl (C=O) groups excluding carboxylic acids is 1. The van der Waals surface area contributed by atoms with Crippen LogP contribution in [0.5, 0.6) is 0 Å². The average Bonchev–Trinajstić information content (AvgIpc) is 1.99. The Bertz CT molecular complexity index is 226. The lowest BCUT2D eigenvalue weighted by Gasteiger charge is -2.23. The van der Waals surface area contributed by atoms with Crippen LogP contribution >= 0.6 is 0 Å². The second-order valence-corrected chi connectivity index (χ2v) is 4.94. The van der Waals surface area contributed by atoms with E-state index in [1.807, 2.05) is 39.8 Å².